The predicted octanol–water partition coefficient (Wildman–Crippen LogP) is 10.6. The van der Waals surface area contributed by atoms with Crippen molar-refractivity contribution in [3.63, 3.8) is 0 Å². The summed E-state index contributed by atoms with van der Waals surface area (Å²) in [6, 6.07) is -3.16. The molecule has 0 spiro atoms. The van der Waals surface area contributed by atoms with Crippen LogP contribution in [0.1, 0.15) is 188 Å². The van der Waals surface area contributed by atoms with E-state index in [1.165, 1.54) is 83.5 Å². The molecule has 0 saturated carbocycles. The van der Waals surface area contributed by atoms with Gasteiger partial charge in [-0.25, -0.2) is 14.4 Å². The lowest BCUT2D eigenvalue weighted by atomic mass is 9.91. The first-order valence-electron chi connectivity index (χ1n) is 18.9. The van der Waals surface area contributed by atoms with Crippen molar-refractivity contribution in [2.45, 2.75) is 206 Å². The number of carboxylic acid groups (broad SMARTS) is 3. The van der Waals surface area contributed by atoms with Crippen molar-refractivity contribution in [3.05, 3.63) is 12.2 Å². The van der Waals surface area contributed by atoms with Gasteiger partial charge in [0.2, 0.25) is 0 Å². The molecule has 3 atom stereocenters. The summed E-state index contributed by atoms with van der Waals surface area (Å²) in [4.78, 5) is 37.8. The zero-order valence-corrected chi connectivity index (χ0v) is 29.8. The van der Waals surface area contributed by atoms with Gasteiger partial charge in [-0.1, -0.05) is 123 Å². The molecule has 0 rings (SSSR count). The number of quaternary nitrogens is 1. The number of nitrogens with zero attached hydrogens (tertiary/aromatic N) is 1. The van der Waals surface area contributed by atoms with E-state index in [0.29, 0.717) is 25.7 Å². The van der Waals surface area contributed by atoms with Crippen LogP contribution in [0.4, 0.5) is 0 Å². The highest BCUT2D eigenvalue weighted by Crippen LogP contribution is 2.34. The molecule has 0 aromatic rings. The van der Waals surface area contributed by atoms with Crippen molar-refractivity contribution in [2.75, 3.05) is 6.54 Å². The van der Waals surface area contributed by atoms with Crippen molar-refractivity contribution in [1.29, 1.82) is 0 Å². The third kappa shape index (κ3) is 18.1. The molecule has 7 heteroatoms. The van der Waals surface area contributed by atoms with Crippen LogP contribution in [0.2, 0.25) is 0 Å². The average Bonchev–Trinajstić information content (AvgIpc) is 3.00. The van der Waals surface area contributed by atoms with Gasteiger partial charge >= 0.3 is 17.9 Å². The second kappa shape index (κ2) is 28.3. The number of allylic oxidation sites excluding steroid dienone is 2. The van der Waals surface area contributed by atoms with Gasteiger partial charge in [-0.05, 0) is 57.8 Å². The van der Waals surface area contributed by atoms with Gasteiger partial charge in [-0.15, -0.1) is 0 Å². The van der Waals surface area contributed by atoms with Crippen LogP contribution in [0.3, 0.4) is 0 Å². The molecular weight excluding hydrogens is 566 g/mol. The van der Waals surface area contributed by atoms with Crippen molar-refractivity contribution in [2.24, 2.45) is 0 Å². The average molecular weight is 639 g/mol. The number of rotatable bonds is 33. The van der Waals surface area contributed by atoms with Gasteiger partial charge in [0.05, 0.1) is 6.54 Å². The molecule has 0 aliphatic carbocycles. The summed E-state index contributed by atoms with van der Waals surface area (Å²) in [5.41, 5.74) is 0. The quantitative estimate of drug-likeness (QED) is 0.0374. The van der Waals surface area contributed by atoms with Crippen molar-refractivity contribution < 1.29 is 34.2 Å². The molecule has 3 unspecified atom stereocenters. The summed E-state index contributed by atoms with van der Waals surface area (Å²) in [6.45, 7) is 8.17. The van der Waals surface area contributed by atoms with Crippen LogP contribution in [-0.4, -0.2) is 62.4 Å². The highest BCUT2D eigenvalue weighted by atomic mass is 16.4. The highest BCUT2D eigenvalue weighted by Gasteiger charge is 2.56. The van der Waals surface area contributed by atoms with Gasteiger partial charge in [0.25, 0.3) is 0 Å². The van der Waals surface area contributed by atoms with E-state index in [2.05, 4.69) is 19.1 Å². The number of carbonyl (C=O) groups is 3. The first kappa shape index (κ1) is 43.1. The lowest BCUT2D eigenvalue weighted by Gasteiger charge is -2.50. The molecule has 0 aromatic heterocycles. The zero-order valence-electron chi connectivity index (χ0n) is 29.8. The molecule has 0 bridgehead atoms. The number of carboxylic acids is 3. The lowest BCUT2D eigenvalue weighted by molar-refractivity contribution is -0.973. The van der Waals surface area contributed by atoms with Gasteiger partial charge in [0.1, 0.15) is 0 Å². The maximum Gasteiger partial charge on any atom is 0.362 e. The minimum absolute atomic E-state index is 0.264. The van der Waals surface area contributed by atoms with E-state index in [1.54, 1.807) is 0 Å². The van der Waals surface area contributed by atoms with Gasteiger partial charge in [0, 0.05) is 19.3 Å². The topological polar surface area (TPSA) is 112 Å². The summed E-state index contributed by atoms with van der Waals surface area (Å²) in [5.74, 6) is -3.26. The molecule has 0 aliphatic rings. The lowest BCUT2D eigenvalue weighted by Crippen LogP contribution is -2.72. The predicted molar refractivity (Wildman–Crippen MR) is 187 cm³/mol. The van der Waals surface area contributed by atoms with Crippen LogP contribution in [-0.2, 0) is 14.4 Å². The molecular formula is C38H72NO6+. The van der Waals surface area contributed by atoms with E-state index in [-0.39, 0.29) is 30.3 Å². The Labute approximate surface area is 276 Å². The molecule has 3 N–H and O–H groups in total. The maximum atomic E-state index is 12.6. The Morgan fingerprint density at radius 1 is 0.444 bits per heavy atom. The third-order valence-electron chi connectivity index (χ3n) is 9.59. The van der Waals surface area contributed by atoms with Crippen molar-refractivity contribution in [3.8, 4) is 0 Å². The molecule has 0 aromatic carbocycles. The van der Waals surface area contributed by atoms with E-state index in [1.807, 2.05) is 20.8 Å². The fourth-order valence-corrected chi connectivity index (χ4v) is 7.16. The Bertz CT molecular complexity index is 722. The molecule has 0 aliphatic heterocycles. The van der Waals surface area contributed by atoms with E-state index in [4.69, 9.17) is 0 Å². The molecule has 7 nitrogen and oxygen atoms in total. The molecule has 0 amide bonds. The van der Waals surface area contributed by atoms with Crippen LogP contribution in [0.5, 0.6) is 0 Å². The summed E-state index contributed by atoms with van der Waals surface area (Å²) >= 11 is 0. The standard InChI is InChI=1S/C38H71NO6/c1-5-9-10-11-12-13-14-15-16-17-18-19-20-21-22-23-24-25-26-27-28-32-39(33(29-6-2)36(40)41,34(30-7-3)37(42)43)35(31-8-4)38(44)45/h22-23,33-35H,5-21,24-32H2,1-4H3,(H2-,40,41,42,43,44,45)/p+1/b23-22+. The summed E-state index contributed by atoms with van der Waals surface area (Å²) in [7, 11) is 0. The third-order valence-corrected chi connectivity index (χ3v) is 9.59. The summed E-state index contributed by atoms with van der Waals surface area (Å²) < 4.78 is -0.380. The highest BCUT2D eigenvalue weighted by molar-refractivity contribution is 5.78. The van der Waals surface area contributed by atoms with E-state index >= 15 is 0 Å². The Balaban J connectivity index is 4.71. The largest absolute Gasteiger partial charge is 0.477 e. The monoisotopic (exact) mass is 639 g/mol. The fraction of sp³-hybridized carbons (Fsp3) is 0.868. The van der Waals surface area contributed by atoms with Gasteiger partial charge in [-0.3, -0.25) is 4.48 Å². The maximum absolute atomic E-state index is 12.6. The number of hydrogen-bond acceptors (Lipinski definition) is 3. The van der Waals surface area contributed by atoms with Crippen LogP contribution in [0, 0.1) is 0 Å². The smallest absolute Gasteiger partial charge is 0.362 e. The fourth-order valence-electron chi connectivity index (χ4n) is 7.16. The van der Waals surface area contributed by atoms with E-state index in [9.17, 15) is 29.7 Å². The Morgan fingerprint density at radius 2 is 0.733 bits per heavy atom. The van der Waals surface area contributed by atoms with Gasteiger partial charge in [-0.2, -0.15) is 0 Å². The van der Waals surface area contributed by atoms with Gasteiger partial charge < -0.3 is 15.3 Å². The summed E-state index contributed by atoms with van der Waals surface area (Å²) in [5, 5.41) is 30.9. The van der Waals surface area contributed by atoms with Crippen LogP contribution < -0.4 is 0 Å². The molecule has 264 valence electrons. The minimum Gasteiger partial charge on any atom is -0.477 e. The molecule has 45 heavy (non-hydrogen) atoms. The molecule has 0 heterocycles. The Morgan fingerprint density at radius 3 is 1.02 bits per heavy atom. The summed E-state index contributed by atoms with van der Waals surface area (Å²) in [6.07, 6.45) is 30.4. The number of aliphatic carboxylic acids is 3. The normalized spacial score (nSPS) is 15.1. The van der Waals surface area contributed by atoms with Crippen LogP contribution in [0.25, 0.3) is 0 Å². The van der Waals surface area contributed by atoms with Crippen molar-refractivity contribution >= 4 is 17.9 Å². The first-order chi connectivity index (χ1) is 21.7. The van der Waals surface area contributed by atoms with Gasteiger partial charge in [0.15, 0.2) is 18.1 Å². The first-order valence-corrected chi connectivity index (χ1v) is 18.9. The van der Waals surface area contributed by atoms with E-state index < -0.39 is 36.0 Å². The van der Waals surface area contributed by atoms with Crippen LogP contribution in [0.15, 0.2) is 12.2 Å². The van der Waals surface area contributed by atoms with E-state index in [0.717, 1.165) is 32.1 Å². The Kier molecular flexibility index (Phi) is 27.2. The minimum atomic E-state index is -1.09. The second-order valence-electron chi connectivity index (χ2n) is 13.4. The van der Waals surface area contributed by atoms with Crippen LogP contribution >= 0.6 is 0 Å². The number of hydrogen-bond donors (Lipinski definition) is 3. The molecule has 0 radical (unpaired) electrons. The van der Waals surface area contributed by atoms with Crippen molar-refractivity contribution in [1.82, 2.24) is 0 Å². The zero-order chi connectivity index (χ0) is 33.8. The SMILES string of the molecule is CCCCCCCCCCCCCCC/C=C/CCCCCC[N+](C(CCC)C(=O)O)(C(CCC)C(=O)O)C(CCC)C(=O)O. The molecule has 0 fully saturated rings. The number of unbranched alkanes of at least 4 members (excludes halogenated alkanes) is 17. The Hall–Kier alpha value is -1.89. The molecule has 0 saturated heterocycles. The second-order valence-corrected chi connectivity index (χ2v) is 13.4.